The molecule has 0 bridgehead atoms. The Labute approximate surface area is 138 Å². The lowest BCUT2D eigenvalue weighted by Crippen LogP contribution is -2.11. The molecular weight excluding hydrogens is 308 g/mol. The highest BCUT2D eigenvalue weighted by molar-refractivity contribution is 7.99. The minimum atomic E-state index is -0.283. The molecule has 0 aliphatic rings. The molecule has 5 heteroatoms. The van der Waals surface area contributed by atoms with Crippen LogP contribution in [-0.2, 0) is 0 Å². The summed E-state index contributed by atoms with van der Waals surface area (Å²) >= 11 is 1.55. The summed E-state index contributed by atoms with van der Waals surface area (Å²) in [5.74, 6) is 0.686. The van der Waals surface area contributed by atoms with E-state index in [-0.39, 0.29) is 11.7 Å². The third-order valence-electron chi connectivity index (χ3n) is 3.26. The largest absolute Gasteiger partial charge is 0.451 e. The predicted molar refractivity (Wildman–Crippen MR) is 91.6 cm³/mol. The van der Waals surface area contributed by atoms with Gasteiger partial charge < -0.3 is 9.73 Å². The zero-order chi connectivity index (χ0) is 16.1. The number of carbonyl (C=O) groups excluding carboxylic acids is 1. The van der Waals surface area contributed by atoms with Gasteiger partial charge in [-0.15, -0.1) is 11.8 Å². The van der Waals surface area contributed by atoms with Gasteiger partial charge in [0.25, 0.3) is 5.91 Å². The number of nitrogens with one attached hydrogen (secondary N) is 1. The van der Waals surface area contributed by atoms with E-state index < -0.39 is 0 Å². The van der Waals surface area contributed by atoms with E-state index in [0.29, 0.717) is 17.8 Å². The molecule has 0 spiro atoms. The summed E-state index contributed by atoms with van der Waals surface area (Å²) in [5.41, 5.74) is 1.41. The molecule has 0 saturated heterocycles. The maximum absolute atomic E-state index is 12.4. The number of furan rings is 1. The summed E-state index contributed by atoms with van der Waals surface area (Å²) in [6.45, 7) is 0. The zero-order valence-electron chi connectivity index (χ0n) is 12.3. The Morgan fingerprint density at radius 2 is 1.96 bits per heavy atom. The van der Waals surface area contributed by atoms with Crippen LogP contribution in [0.25, 0.3) is 11.0 Å². The summed E-state index contributed by atoms with van der Waals surface area (Å²) in [7, 11) is 0. The third-order valence-corrected chi connectivity index (χ3v) is 4.33. The van der Waals surface area contributed by atoms with Gasteiger partial charge in [0.15, 0.2) is 5.76 Å². The second-order valence-corrected chi connectivity index (χ2v) is 5.99. The molecule has 2 aromatic carbocycles. The number of hydrogen-bond acceptors (Lipinski definition) is 4. The topological polar surface area (TPSA) is 66.0 Å². The molecule has 0 fully saturated rings. The fraction of sp³-hybridized carbons (Fsp3) is 0.111. The maximum Gasteiger partial charge on any atom is 0.291 e. The molecule has 1 amide bonds. The summed E-state index contributed by atoms with van der Waals surface area (Å²) in [6.07, 6.45) is 0.469. The summed E-state index contributed by atoms with van der Waals surface area (Å²) < 4.78 is 5.58. The first kappa shape index (κ1) is 15.2. The van der Waals surface area contributed by atoms with Gasteiger partial charge in [-0.05, 0) is 24.3 Å². The smallest absolute Gasteiger partial charge is 0.291 e. The monoisotopic (exact) mass is 322 g/mol. The van der Waals surface area contributed by atoms with E-state index in [1.165, 1.54) is 0 Å². The number of amides is 1. The number of anilines is 1. The van der Waals surface area contributed by atoms with Crippen LogP contribution in [0.4, 0.5) is 5.69 Å². The predicted octanol–water partition coefficient (Wildman–Crippen LogP) is 4.69. The minimum absolute atomic E-state index is 0.281. The standard InChI is InChI=1S/C18H14N2O2S/c19-10-5-11-23-17-9-4-2-7-14(17)20-18(21)16-12-13-6-1-3-8-15(13)22-16/h1-4,6-9,12H,5,11H2,(H,20,21). The number of rotatable bonds is 5. The molecule has 0 radical (unpaired) electrons. The van der Waals surface area contributed by atoms with Gasteiger partial charge in [-0.1, -0.05) is 30.3 Å². The van der Waals surface area contributed by atoms with Crippen LogP contribution >= 0.6 is 11.8 Å². The van der Waals surface area contributed by atoms with E-state index in [0.717, 1.165) is 16.0 Å². The number of para-hydroxylation sites is 2. The van der Waals surface area contributed by atoms with Crippen molar-refractivity contribution in [3.05, 3.63) is 60.4 Å². The van der Waals surface area contributed by atoms with Crippen LogP contribution in [0.2, 0.25) is 0 Å². The van der Waals surface area contributed by atoms with Crippen molar-refractivity contribution in [2.45, 2.75) is 11.3 Å². The fourth-order valence-electron chi connectivity index (χ4n) is 2.18. The van der Waals surface area contributed by atoms with Gasteiger partial charge in [0, 0.05) is 22.5 Å². The van der Waals surface area contributed by atoms with Crippen molar-refractivity contribution in [2.75, 3.05) is 11.1 Å². The molecule has 1 aromatic heterocycles. The van der Waals surface area contributed by atoms with E-state index in [4.69, 9.17) is 9.68 Å². The summed E-state index contributed by atoms with van der Waals surface area (Å²) in [4.78, 5) is 13.3. The molecule has 0 aliphatic heterocycles. The van der Waals surface area contributed by atoms with Crippen LogP contribution in [0, 0.1) is 11.3 Å². The van der Waals surface area contributed by atoms with E-state index >= 15 is 0 Å². The highest BCUT2D eigenvalue weighted by Gasteiger charge is 2.14. The van der Waals surface area contributed by atoms with Gasteiger partial charge in [0.2, 0.25) is 0 Å². The molecule has 0 atom stereocenters. The number of fused-ring (bicyclic) bond motifs is 1. The van der Waals surface area contributed by atoms with Crippen LogP contribution in [0.1, 0.15) is 17.0 Å². The normalized spacial score (nSPS) is 10.4. The quantitative estimate of drug-likeness (QED) is 0.546. The lowest BCUT2D eigenvalue weighted by Gasteiger charge is -2.08. The highest BCUT2D eigenvalue weighted by Crippen LogP contribution is 2.28. The van der Waals surface area contributed by atoms with Crippen LogP contribution in [0.3, 0.4) is 0 Å². The second kappa shape index (κ2) is 7.03. The summed E-state index contributed by atoms with van der Waals surface area (Å²) in [6, 6.07) is 18.9. The Kier molecular flexibility index (Phi) is 4.65. The molecule has 0 aliphatic carbocycles. The Morgan fingerprint density at radius 3 is 2.78 bits per heavy atom. The van der Waals surface area contributed by atoms with Crippen molar-refractivity contribution in [2.24, 2.45) is 0 Å². The van der Waals surface area contributed by atoms with Crippen molar-refractivity contribution in [3.8, 4) is 6.07 Å². The first-order valence-electron chi connectivity index (χ1n) is 7.16. The molecule has 0 unspecified atom stereocenters. The lowest BCUT2D eigenvalue weighted by molar-refractivity contribution is 0.0998. The van der Waals surface area contributed by atoms with Gasteiger partial charge in [-0.3, -0.25) is 4.79 Å². The van der Waals surface area contributed by atoms with E-state index in [1.54, 1.807) is 17.8 Å². The van der Waals surface area contributed by atoms with Crippen molar-refractivity contribution >= 4 is 34.3 Å². The van der Waals surface area contributed by atoms with E-state index in [1.807, 2.05) is 48.5 Å². The van der Waals surface area contributed by atoms with Gasteiger partial charge in [-0.2, -0.15) is 5.26 Å². The Morgan fingerprint density at radius 1 is 1.17 bits per heavy atom. The first-order chi connectivity index (χ1) is 11.3. The molecule has 23 heavy (non-hydrogen) atoms. The third kappa shape index (κ3) is 3.55. The number of carbonyl (C=O) groups is 1. The van der Waals surface area contributed by atoms with Crippen LogP contribution < -0.4 is 5.32 Å². The van der Waals surface area contributed by atoms with Crippen molar-refractivity contribution in [3.63, 3.8) is 0 Å². The van der Waals surface area contributed by atoms with E-state index in [9.17, 15) is 4.79 Å². The maximum atomic E-state index is 12.4. The zero-order valence-corrected chi connectivity index (χ0v) is 13.1. The average molecular weight is 322 g/mol. The Hall–Kier alpha value is -2.71. The van der Waals surface area contributed by atoms with Gasteiger partial charge in [-0.25, -0.2) is 0 Å². The minimum Gasteiger partial charge on any atom is -0.451 e. The molecule has 4 nitrogen and oxygen atoms in total. The number of benzene rings is 2. The number of hydrogen-bond donors (Lipinski definition) is 1. The fourth-order valence-corrected chi connectivity index (χ4v) is 3.04. The molecule has 0 saturated carbocycles. The lowest BCUT2D eigenvalue weighted by atomic mass is 10.2. The van der Waals surface area contributed by atoms with Crippen LogP contribution in [-0.4, -0.2) is 11.7 Å². The number of nitrogens with zero attached hydrogens (tertiary/aromatic N) is 1. The highest BCUT2D eigenvalue weighted by atomic mass is 32.2. The van der Waals surface area contributed by atoms with E-state index in [2.05, 4.69) is 11.4 Å². The van der Waals surface area contributed by atoms with Gasteiger partial charge in [0.1, 0.15) is 5.58 Å². The molecular formula is C18H14N2O2S. The van der Waals surface area contributed by atoms with Crippen LogP contribution in [0.5, 0.6) is 0 Å². The molecule has 1 N–H and O–H groups in total. The Balaban J connectivity index is 1.78. The Bertz CT molecular complexity index is 847. The first-order valence-corrected chi connectivity index (χ1v) is 8.15. The molecule has 1 heterocycles. The molecule has 114 valence electrons. The average Bonchev–Trinajstić information content (AvgIpc) is 3.01. The van der Waals surface area contributed by atoms with Gasteiger partial charge in [0.05, 0.1) is 11.8 Å². The van der Waals surface area contributed by atoms with Crippen molar-refractivity contribution in [1.29, 1.82) is 5.26 Å². The van der Waals surface area contributed by atoms with Gasteiger partial charge >= 0.3 is 0 Å². The SMILES string of the molecule is N#CCCSc1ccccc1NC(=O)c1cc2ccccc2o1. The number of thioether (sulfide) groups is 1. The molecule has 3 aromatic rings. The summed E-state index contributed by atoms with van der Waals surface area (Å²) in [5, 5.41) is 12.4. The molecule has 3 rings (SSSR count). The number of nitriles is 1. The van der Waals surface area contributed by atoms with Crippen molar-refractivity contribution < 1.29 is 9.21 Å². The van der Waals surface area contributed by atoms with Crippen LogP contribution in [0.15, 0.2) is 63.9 Å². The second-order valence-electron chi connectivity index (χ2n) is 4.86. The van der Waals surface area contributed by atoms with Crippen molar-refractivity contribution in [1.82, 2.24) is 0 Å².